The second-order valence-electron chi connectivity index (χ2n) is 8.51. The first-order chi connectivity index (χ1) is 15.1. The fraction of sp³-hybridized carbons (Fsp3) is 0.440. The van der Waals surface area contributed by atoms with E-state index < -0.39 is 0 Å². The largest absolute Gasteiger partial charge is 0.368 e. The van der Waals surface area contributed by atoms with Gasteiger partial charge in [0, 0.05) is 49.9 Å². The standard InChI is InChI=1S/C25H30FN3O2/c26-22-10-12-23(13-11-22)28-14-16-29(17-15-28)25(31)21-8-6-19(7-9-21)18-27-24(30)20-4-2-1-3-5-20/h6-13,20H,1-5,14-18H2,(H,27,30). The SMILES string of the molecule is O=C(NCc1ccc(C(=O)N2CCN(c3ccc(F)cc3)CC2)cc1)C1CCCCC1. The van der Waals surface area contributed by atoms with Crippen molar-refractivity contribution in [1.29, 1.82) is 0 Å². The molecule has 2 fully saturated rings. The van der Waals surface area contributed by atoms with E-state index in [1.807, 2.05) is 29.2 Å². The number of nitrogens with one attached hydrogen (secondary N) is 1. The summed E-state index contributed by atoms with van der Waals surface area (Å²) >= 11 is 0. The smallest absolute Gasteiger partial charge is 0.253 e. The summed E-state index contributed by atoms with van der Waals surface area (Å²) in [6.07, 6.45) is 5.52. The maximum absolute atomic E-state index is 13.1. The monoisotopic (exact) mass is 423 g/mol. The molecule has 31 heavy (non-hydrogen) atoms. The lowest BCUT2D eigenvalue weighted by atomic mass is 9.88. The van der Waals surface area contributed by atoms with Gasteiger partial charge in [-0.15, -0.1) is 0 Å². The number of carbonyl (C=O) groups is 2. The number of nitrogens with zero attached hydrogens (tertiary/aromatic N) is 2. The van der Waals surface area contributed by atoms with Crippen molar-refractivity contribution in [2.75, 3.05) is 31.1 Å². The number of rotatable bonds is 5. The Kier molecular flexibility index (Phi) is 6.85. The van der Waals surface area contributed by atoms with E-state index >= 15 is 0 Å². The van der Waals surface area contributed by atoms with Gasteiger partial charge in [-0.3, -0.25) is 9.59 Å². The molecule has 2 aliphatic rings. The summed E-state index contributed by atoms with van der Waals surface area (Å²) in [5.74, 6) is 0.0909. The van der Waals surface area contributed by atoms with E-state index in [0.29, 0.717) is 25.2 Å². The number of halogens is 1. The van der Waals surface area contributed by atoms with Crippen LogP contribution in [0.5, 0.6) is 0 Å². The first-order valence-corrected chi connectivity index (χ1v) is 11.3. The molecule has 1 heterocycles. The molecule has 0 aromatic heterocycles. The van der Waals surface area contributed by atoms with E-state index in [4.69, 9.17) is 0 Å². The lowest BCUT2D eigenvalue weighted by Gasteiger charge is -2.36. The van der Waals surface area contributed by atoms with Crippen LogP contribution in [0.3, 0.4) is 0 Å². The Morgan fingerprint density at radius 3 is 2.16 bits per heavy atom. The minimum absolute atomic E-state index is 0.0246. The summed E-state index contributed by atoms with van der Waals surface area (Å²) in [7, 11) is 0. The van der Waals surface area contributed by atoms with Crippen molar-refractivity contribution in [3.05, 3.63) is 65.5 Å². The van der Waals surface area contributed by atoms with Crippen molar-refractivity contribution in [3.63, 3.8) is 0 Å². The number of amides is 2. The first kappa shape index (κ1) is 21.3. The molecule has 5 nitrogen and oxygen atoms in total. The van der Waals surface area contributed by atoms with Crippen molar-refractivity contribution in [2.24, 2.45) is 5.92 Å². The lowest BCUT2D eigenvalue weighted by molar-refractivity contribution is -0.126. The summed E-state index contributed by atoms with van der Waals surface area (Å²) in [6, 6.07) is 14.0. The van der Waals surface area contributed by atoms with Gasteiger partial charge in [-0.1, -0.05) is 31.4 Å². The van der Waals surface area contributed by atoms with Gasteiger partial charge in [-0.2, -0.15) is 0 Å². The Hall–Kier alpha value is -2.89. The van der Waals surface area contributed by atoms with E-state index in [-0.39, 0.29) is 23.5 Å². The van der Waals surface area contributed by atoms with Crippen LogP contribution in [0.2, 0.25) is 0 Å². The average molecular weight is 424 g/mol. The molecule has 0 bridgehead atoms. The summed E-state index contributed by atoms with van der Waals surface area (Å²) in [5.41, 5.74) is 2.65. The molecule has 2 aromatic rings. The number of anilines is 1. The van der Waals surface area contributed by atoms with Gasteiger partial charge < -0.3 is 15.1 Å². The van der Waals surface area contributed by atoms with E-state index in [2.05, 4.69) is 10.2 Å². The zero-order valence-corrected chi connectivity index (χ0v) is 17.9. The summed E-state index contributed by atoms with van der Waals surface area (Å²) in [4.78, 5) is 29.2. The van der Waals surface area contributed by atoms with Gasteiger partial charge in [0.2, 0.25) is 5.91 Å². The molecule has 0 spiro atoms. The van der Waals surface area contributed by atoms with Crippen molar-refractivity contribution >= 4 is 17.5 Å². The molecule has 6 heteroatoms. The van der Waals surface area contributed by atoms with E-state index in [1.165, 1.54) is 18.6 Å². The highest BCUT2D eigenvalue weighted by Crippen LogP contribution is 2.24. The molecule has 0 atom stereocenters. The molecule has 1 saturated heterocycles. The van der Waals surface area contributed by atoms with Crippen LogP contribution in [0.25, 0.3) is 0 Å². The normalized spacial score (nSPS) is 17.5. The summed E-state index contributed by atoms with van der Waals surface area (Å²) in [6.45, 7) is 3.22. The molecule has 1 N–H and O–H groups in total. The van der Waals surface area contributed by atoms with Gasteiger partial charge in [0.15, 0.2) is 0 Å². The number of hydrogen-bond donors (Lipinski definition) is 1. The molecule has 0 unspecified atom stereocenters. The third kappa shape index (κ3) is 5.43. The Balaban J connectivity index is 1.26. The molecule has 164 valence electrons. The fourth-order valence-electron chi connectivity index (χ4n) is 4.47. The molecule has 1 aliphatic carbocycles. The minimum atomic E-state index is -0.241. The molecule has 2 amide bonds. The Labute approximate surface area is 183 Å². The molecular formula is C25H30FN3O2. The second-order valence-corrected chi connectivity index (χ2v) is 8.51. The van der Waals surface area contributed by atoms with E-state index in [1.54, 1.807) is 12.1 Å². The van der Waals surface area contributed by atoms with Crippen LogP contribution in [-0.2, 0) is 11.3 Å². The van der Waals surface area contributed by atoms with Gasteiger partial charge >= 0.3 is 0 Å². The summed E-state index contributed by atoms with van der Waals surface area (Å²) < 4.78 is 13.1. The quantitative estimate of drug-likeness (QED) is 0.791. The average Bonchev–Trinajstić information content (AvgIpc) is 2.83. The zero-order chi connectivity index (χ0) is 21.6. The Bertz CT molecular complexity index is 884. The molecule has 1 saturated carbocycles. The van der Waals surface area contributed by atoms with Crippen molar-refractivity contribution in [1.82, 2.24) is 10.2 Å². The number of carbonyl (C=O) groups excluding carboxylic acids is 2. The van der Waals surface area contributed by atoms with Gasteiger partial charge in [0.1, 0.15) is 5.82 Å². The number of benzene rings is 2. The third-order valence-electron chi connectivity index (χ3n) is 6.40. The maximum Gasteiger partial charge on any atom is 0.253 e. The zero-order valence-electron chi connectivity index (χ0n) is 17.9. The van der Waals surface area contributed by atoms with Crippen LogP contribution >= 0.6 is 0 Å². The van der Waals surface area contributed by atoms with E-state index in [0.717, 1.165) is 50.0 Å². The van der Waals surface area contributed by atoms with Crippen LogP contribution in [0.1, 0.15) is 48.0 Å². The maximum atomic E-state index is 13.1. The predicted molar refractivity (Wildman–Crippen MR) is 119 cm³/mol. The van der Waals surface area contributed by atoms with Gasteiger partial charge in [0.05, 0.1) is 0 Å². The van der Waals surface area contributed by atoms with Gasteiger partial charge in [0.25, 0.3) is 5.91 Å². The molecule has 2 aromatic carbocycles. The second kappa shape index (κ2) is 9.94. The molecule has 0 radical (unpaired) electrons. The topological polar surface area (TPSA) is 52.7 Å². The van der Waals surface area contributed by atoms with Gasteiger partial charge in [-0.25, -0.2) is 4.39 Å². The number of hydrogen-bond acceptors (Lipinski definition) is 3. The van der Waals surface area contributed by atoms with Crippen molar-refractivity contribution in [3.8, 4) is 0 Å². The first-order valence-electron chi connectivity index (χ1n) is 11.3. The third-order valence-corrected chi connectivity index (χ3v) is 6.40. The van der Waals surface area contributed by atoms with Gasteiger partial charge in [-0.05, 0) is 54.8 Å². The fourth-order valence-corrected chi connectivity index (χ4v) is 4.47. The predicted octanol–water partition coefficient (Wildman–Crippen LogP) is 3.98. The Morgan fingerprint density at radius 1 is 0.871 bits per heavy atom. The van der Waals surface area contributed by atoms with Crippen LogP contribution in [0.4, 0.5) is 10.1 Å². The van der Waals surface area contributed by atoms with Crippen LogP contribution in [0, 0.1) is 11.7 Å². The van der Waals surface area contributed by atoms with E-state index in [9.17, 15) is 14.0 Å². The molecular weight excluding hydrogens is 393 g/mol. The minimum Gasteiger partial charge on any atom is -0.368 e. The van der Waals surface area contributed by atoms with Crippen molar-refractivity contribution < 1.29 is 14.0 Å². The molecule has 1 aliphatic heterocycles. The summed E-state index contributed by atoms with van der Waals surface area (Å²) in [5, 5.41) is 3.04. The van der Waals surface area contributed by atoms with Crippen LogP contribution in [0.15, 0.2) is 48.5 Å². The van der Waals surface area contributed by atoms with Crippen molar-refractivity contribution in [2.45, 2.75) is 38.6 Å². The van der Waals surface area contributed by atoms with Crippen LogP contribution in [-0.4, -0.2) is 42.9 Å². The Morgan fingerprint density at radius 2 is 1.52 bits per heavy atom. The van der Waals surface area contributed by atoms with Crippen LogP contribution < -0.4 is 10.2 Å². The highest BCUT2D eigenvalue weighted by atomic mass is 19.1. The highest BCUT2D eigenvalue weighted by molar-refractivity contribution is 5.94. The molecule has 4 rings (SSSR count). The number of piperazine rings is 1. The highest BCUT2D eigenvalue weighted by Gasteiger charge is 2.23. The lowest BCUT2D eigenvalue weighted by Crippen LogP contribution is -2.48.